The van der Waals surface area contributed by atoms with Gasteiger partial charge in [-0.2, -0.15) is 0 Å². The molecule has 2 aliphatic rings. The van der Waals surface area contributed by atoms with Gasteiger partial charge in [-0.1, -0.05) is 66.7 Å². The molecule has 1 heterocycles. The van der Waals surface area contributed by atoms with E-state index in [1.54, 1.807) is 0 Å². The second-order valence-corrected chi connectivity index (χ2v) is 11.9. The summed E-state index contributed by atoms with van der Waals surface area (Å²) in [4.78, 5) is 13.6. The summed E-state index contributed by atoms with van der Waals surface area (Å²) in [6.45, 7) is 15.3. The molecule has 0 bridgehead atoms. The quantitative estimate of drug-likeness (QED) is 0.309. The monoisotopic (exact) mass is 432 g/mol. The first-order chi connectivity index (χ1) is 14.5. The molecule has 1 aliphatic heterocycles. The van der Waals surface area contributed by atoms with E-state index in [4.69, 9.17) is 14.0 Å². The standard InChI is InChI=1S/C24H34O3S.C2H6/c1-5-12-20-19-21(27-26-20)17-18-25-28(24(2,3)4,22-13-8-6-9-14-22)23-15-10-7-11-16-23;1-2/h5-6,8-10,13-16,20-21H,1,7,11-12,17-19H2,2-4H3;1-2H3. The number of benzene rings is 1. The molecule has 3 unspecified atom stereocenters. The molecular weight excluding hydrogens is 392 g/mol. The minimum Gasteiger partial charge on any atom is -0.327 e. The molecule has 168 valence electrons. The van der Waals surface area contributed by atoms with Gasteiger partial charge in [-0.05, 0) is 52.2 Å². The summed E-state index contributed by atoms with van der Waals surface area (Å²) in [5.74, 6) is 0. The predicted molar refractivity (Wildman–Crippen MR) is 130 cm³/mol. The summed E-state index contributed by atoms with van der Waals surface area (Å²) >= 11 is 0. The van der Waals surface area contributed by atoms with Crippen LogP contribution in [0.2, 0.25) is 0 Å². The average molecular weight is 433 g/mol. The molecule has 3 rings (SSSR count). The van der Waals surface area contributed by atoms with Crippen molar-refractivity contribution in [3.63, 3.8) is 0 Å². The van der Waals surface area contributed by atoms with E-state index >= 15 is 0 Å². The molecule has 1 aromatic carbocycles. The number of hydrogen-bond donors (Lipinski definition) is 0. The Hall–Kier alpha value is -1.33. The molecule has 1 fully saturated rings. The molecule has 0 aromatic heterocycles. The van der Waals surface area contributed by atoms with Gasteiger partial charge in [-0.3, -0.25) is 0 Å². The Kier molecular flexibility index (Phi) is 9.89. The summed E-state index contributed by atoms with van der Waals surface area (Å²) in [6, 6.07) is 10.8. The van der Waals surface area contributed by atoms with E-state index in [9.17, 15) is 0 Å². The Bertz CT molecular complexity index is 705. The van der Waals surface area contributed by atoms with Crippen LogP contribution in [0.15, 0.2) is 71.0 Å². The summed E-state index contributed by atoms with van der Waals surface area (Å²) < 4.78 is 6.86. The maximum Gasteiger partial charge on any atom is 0.0990 e. The molecule has 0 N–H and O–H groups in total. The van der Waals surface area contributed by atoms with E-state index in [-0.39, 0.29) is 17.0 Å². The molecule has 1 saturated heterocycles. The van der Waals surface area contributed by atoms with Crippen LogP contribution >= 0.6 is 10.3 Å². The van der Waals surface area contributed by atoms with Crippen molar-refractivity contribution in [2.45, 2.75) is 88.6 Å². The van der Waals surface area contributed by atoms with Crippen LogP contribution in [0.5, 0.6) is 0 Å². The fourth-order valence-electron chi connectivity index (χ4n) is 3.89. The van der Waals surface area contributed by atoms with Crippen molar-refractivity contribution in [1.82, 2.24) is 0 Å². The first kappa shape index (κ1) is 24.9. The van der Waals surface area contributed by atoms with Gasteiger partial charge < -0.3 is 4.18 Å². The van der Waals surface area contributed by atoms with Crippen molar-refractivity contribution in [3.8, 4) is 0 Å². The Morgan fingerprint density at radius 3 is 2.40 bits per heavy atom. The zero-order valence-corrected chi connectivity index (χ0v) is 20.3. The first-order valence-corrected chi connectivity index (χ1v) is 12.9. The van der Waals surface area contributed by atoms with Crippen LogP contribution in [0.4, 0.5) is 0 Å². The normalized spacial score (nSPS) is 24.2. The van der Waals surface area contributed by atoms with Crippen LogP contribution in [0.3, 0.4) is 0 Å². The number of allylic oxidation sites excluding steroid dienone is 3. The highest BCUT2D eigenvalue weighted by Gasteiger charge is 2.42. The molecule has 3 nitrogen and oxygen atoms in total. The van der Waals surface area contributed by atoms with Gasteiger partial charge in [0, 0.05) is 27.4 Å². The number of rotatable bonds is 8. The molecule has 0 saturated carbocycles. The Balaban J connectivity index is 0.00000155. The highest BCUT2D eigenvalue weighted by molar-refractivity contribution is 8.34. The Labute approximate surface area is 185 Å². The summed E-state index contributed by atoms with van der Waals surface area (Å²) in [5.41, 5.74) is 0. The maximum absolute atomic E-state index is 6.88. The van der Waals surface area contributed by atoms with Gasteiger partial charge in [0.05, 0.1) is 18.8 Å². The second-order valence-electron chi connectivity index (χ2n) is 8.38. The van der Waals surface area contributed by atoms with Gasteiger partial charge in [0.15, 0.2) is 0 Å². The fourth-order valence-corrected chi connectivity index (χ4v) is 7.73. The first-order valence-electron chi connectivity index (χ1n) is 11.3. The fraction of sp³-hybridized carbons (Fsp3) is 0.538. The van der Waals surface area contributed by atoms with Crippen LogP contribution in [-0.4, -0.2) is 23.6 Å². The van der Waals surface area contributed by atoms with Crippen molar-refractivity contribution >= 4 is 10.3 Å². The molecular formula is C26H40O3S. The predicted octanol–water partition coefficient (Wildman–Crippen LogP) is 7.90. The van der Waals surface area contributed by atoms with Crippen molar-refractivity contribution < 1.29 is 14.0 Å². The highest BCUT2D eigenvalue weighted by atomic mass is 32.3. The molecule has 0 spiro atoms. The van der Waals surface area contributed by atoms with Crippen molar-refractivity contribution in [2.75, 3.05) is 6.61 Å². The average Bonchev–Trinajstić information content (AvgIpc) is 3.21. The van der Waals surface area contributed by atoms with Gasteiger partial charge in [0.2, 0.25) is 0 Å². The lowest BCUT2D eigenvalue weighted by Gasteiger charge is -2.51. The van der Waals surface area contributed by atoms with E-state index in [0.717, 1.165) is 32.1 Å². The van der Waals surface area contributed by atoms with Gasteiger partial charge in [-0.25, -0.2) is 9.78 Å². The summed E-state index contributed by atoms with van der Waals surface area (Å²) in [7, 11) is -1.65. The molecule has 4 heteroatoms. The van der Waals surface area contributed by atoms with Gasteiger partial charge in [0.1, 0.15) is 0 Å². The smallest absolute Gasteiger partial charge is 0.0990 e. The van der Waals surface area contributed by atoms with Crippen molar-refractivity contribution in [3.05, 3.63) is 66.1 Å². The molecule has 0 radical (unpaired) electrons. The highest BCUT2D eigenvalue weighted by Crippen LogP contribution is 2.71. The van der Waals surface area contributed by atoms with Crippen LogP contribution in [-0.2, 0) is 14.0 Å². The zero-order valence-electron chi connectivity index (χ0n) is 19.4. The van der Waals surface area contributed by atoms with E-state index in [2.05, 4.69) is 75.9 Å². The molecule has 0 amide bonds. The zero-order chi connectivity index (χ0) is 22.0. The van der Waals surface area contributed by atoms with Gasteiger partial charge in [-0.15, -0.1) is 6.58 Å². The third-order valence-corrected chi connectivity index (χ3v) is 9.36. The van der Waals surface area contributed by atoms with E-state index in [0.29, 0.717) is 6.61 Å². The number of hydrogen-bond acceptors (Lipinski definition) is 3. The van der Waals surface area contributed by atoms with Crippen LogP contribution < -0.4 is 0 Å². The topological polar surface area (TPSA) is 27.7 Å². The largest absolute Gasteiger partial charge is 0.327 e. The molecule has 30 heavy (non-hydrogen) atoms. The third-order valence-electron chi connectivity index (χ3n) is 5.21. The third kappa shape index (κ3) is 5.88. The molecule has 1 aliphatic carbocycles. The van der Waals surface area contributed by atoms with E-state index in [1.165, 1.54) is 9.80 Å². The lowest BCUT2D eigenvalue weighted by Crippen LogP contribution is -2.29. The minimum absolute atomic E-state index is 0.0275. The van der Waals surface area contributed by atoms with Gasteiger partial charge in [0.25, 0.3) is 0 Å². The van der Waals surface area contributed by atoms with Crippen molar-refractivity contribution in [2.24, 2.45) is 0 Å². The second kappa shape index (κ2) is 11.9. The Morgan fingerprint density at radius 1 is 1.10 bits per heavy atom. The molecule has 3 atom stereocenters. The SMILES string of the molecule is C=CCC1CC(CCOS(C2=CCCC=C2)(c2ccccc2)C(C)(C)C)OO1.CC. The Morgan fingerprint density at radius 2 is 1.80 bits per heavy atom. The summed E-state index contributed by atoms with van der Waals surface area (Å²) in [6.07, 6.45) is 13.8. The molecule has 1 aromatic rings. The van der Waals surface area contributed by atoms with E-state index in [1.807, 2.05) is 19.9 Å². The minimum atomic E-state index is -1.65. The van der Waals surface area contributed by atoms with Gasteiger partial charge >= 0.3 is 0 Å². The van der Waals surface area contributed by atoms with Crippen LogP contribution in [0.25, 0.3) is 0 Å². The maximum atomic E-state index is 6.88. The summed E-state index contributed by atoms with van der Waals surface area (Å²) in [5, 5.41) is 0. The lowest BCUT2D eigenvalue weighted by molar-refractivity contribution is -0.296. The van der Waals surface area contributed by atoms with Crippen molar-refractivity contribution in [1.29, 1.82) is 0 Å². The lowest BCUT2D eigenvalue weighted by atomic mass is 10.1. The van der Waals surface area contributed by atoms with Crippen LogP contribution in [0.1, 0.15) is 66.7 Å². The van der Waals surface area contributed by atoms with E-state index < -0.39 is 10.3 Å². The van der Waals surface area contributed by atoms with Crippen LogP contribution in [0, 0.1) is 0 Å².